The van der Waals surface area contributed by atoms with E-state index in [1.807, 2.05) is 0 Å². The summed E-state index contributed by atoms with van der Waals surface area (Å²) in [6.45, 7) is 0. The zero-order valence-electron chi connectivity index (χ0n) is 13.1. The number of benzene rings is 2. The van der Waals surface area contributed by atoms with E-state index in [-0.39, 0.29) is 21.3 Å². The van der Waals surface area contributed by atoms with Crippen molar-refractivity contribution in [1.82, 2.24) is 0 Å². The molecule has 0 radical (unpaired) electrons. The first-order chi connectivity index (χ1) is 12.5. The summed E-state index contributed by atoms with van der Waals surface area (Å²) in [7, 11) is 0. The molecule has 10 heteroatoms. The topological polar surface area (TPSA) is 66.4 Å². The Kier molecular flexibility index (Phi) is 5.80. The molecular formula is C17H9Cl6NO3. The maximum Gasteiger partial charge on any atom is 0.337 e. The number of aromatic carboxylic acids is 1. The second kappa shape index (κ2) is 7.51. The Labute approximate surface area is 184 Å². The molecule has 0 bridgehead atoms. The van der Waals surface area contributed by atoms with E-state index in [1.165, 1.54) is 12.1 Å². The molecule has 27 heavy (non-hydrogen) atoms. The van der Waals surface area contributed by atoms with E-state index in [0.717, 1.165) is 0 Å². The van der Waals surface area contributed by atoms with Crippen LogP contribution in [0.3, 0.4) is 0 Å². The number of carbonyl (C=O) groups excluding carboxylic acids is 1. The molecule has 2 atom stereocenters. The molecule has 0 aromatic heterocycles. The summed E-state index contributed by atoms with van der Waals surface area (Å²) >= 11 is 36.4. The van der Waals surface area contributed by atoms with Gasteiger partial charge in [-0.25, -0.2) is 4.79 Å². The molecule has 0 saturated heterocycles. The molecule has 2 N–H and O–H groups in total. The van der Waals surface area contributed by atoms with E-state index in [2.05, 4.69) is 5.32 Å². The molecule has 0 spiro atoms. The highest BCUT2D eigenvalue weighted by atomic mass is 35.5. The van der Waals surface area contributed by atoms with E-state index in [4.69, 9.17) is 69.6 Å². The van der Waals surface area contributed by atoms with Crippen molar-refractivity contribution in [2.24, 2.45) is 5.92 Å². The zero-order valence-corrected chi connectivity index (χ0v) is 17.6. The molecule has 1 aliphatic rings. The molecule has 0 aliphatic heterocycles. The quantitative estimate of drug-likeness (QED) is 0.482. The molecule has 1 fully saturated rings. The third-order valence-corrected chi connectivity index (χ3v) is 6.29. The van der Waals surface area contributed by atoms with Crippen LogP contribution in [0.4, 0.5) is 5.69 Å². The Morgan fingerprint density at radius 3 is 2.11 bits per heavy atom. The van der Waals surface area contributed by atoms with Gasteiger partial charge < -0.3 is 10.4 Å². The molecule has 3 rings (SSSR count). The summed E-state index contributed by atoms with van der Waals surface area (Å²) in [5.41, 5.74) is 0.542. The lowest BCUT2D eigenvalue weighted by Crippen LogP contribution is -2.17. The number of carbonyl (C=O) groups is 2. The van der Waals surface area contributed by atoms with Gasteiger partial charge in [0.1, 0.15) is 4.33 Å². The van der Waals surface area contributed by atoms with Crippen molar-refractivity contribution in [1.29, 1.82) is 0 Å². The number of hydrogen-bond donors (Lipinski definition) is 2. The summed E-state index contributed by atoms with van der Waals surface area (Å²) < 4.78 is -1.36. The normalized spacial score (nSPS) is 20.2. The fourth-order valence-electron chi connectivity index (χ4n) is 2.86. The zero-order chi connectivity index (χ0) is 20.1. The van der Waals surface area contributed by atoms with Crippen LogP contribution < -0.4 is 5.32 Å². The van der Waals surface area contributed by atoms with Crippen LogP contribution in [0.25, 0.3) is 0 Å². The van der Waals surface area contributed by atoms with Gasteiger partial charge in [0, 0.05) is 21.7 Å². The lowest BCUT2D eigenvalue weighted by molar-refractivity contribution is -0.117. The molecule has 1 aliphatic carbocycles. The van der Waals surface area contributed by atoms with E-state index < -0.39 is 28.0 Å². The predicted molar refractivity (Wildman–Crippen MR) is 109 cm³/mol. The third-order valence-electron chi connectivity index (χ3n) is 4.11. The first-order valence-electron chi connectivity index (χ1n) is 7.39. The predicted octanol–water partition coefficient (Wildman–Crippen LogP) is 6.52. The Balaban J connectivity index is 1.86. The van der Waals surface area contributed by atoms with Gasteiger partial charge in [-0.2, -0.15) is 0 Å². The maximum atomic E-state index is 12.7. The van der Waals surface area contributed by atoms with Crippen LogP contribution in [0, 0.1) is 5.92 Å². The van der Waals surface area contributed by atoms with Gasteiger partial charge in [-0.15, -0.1) is 23.2 Å². The first kappa shape index (κ1) is 20.8. The Bertz CT molecular complexity index is 942. The number of hydrogen-bond acceptors (Lipinski definition) is 2. The third kappa shape index (κ3) is 4.12. The molecule has 1 amide bonds. The Morgan fingerprint density at radius 2 is 1.56 bits per heavy atom. The van der Waals surface area contributed by atoms with Crippen molar-refractivity contribution in [3.05, 3.63) is 61.5 Å². The number of rotatable bonds is 4. The molecule has 142 valence electrons. The summed E-state index contributed by atoms with van der Waals surface area (Å²) in [4.78, 5) is 23.9. The van der Waals surface area contributed by atoms with E-state index in [0.29, 0.717) is 15.6 Å². The van der Waals surface area contributed by atoms with E-state index in [1.54, 1.807) is 18.2 Å². The average Bonchev–Trinajstić information content (AvgIpc) is 3.12. The number of amides is 1. The second-order valence-corrected chi connectivity index (χ2v) is 9.05. The minimum Gasteiger partial charge on any atom is -0.478 e. The monoisotopic (exact) mass is 485 g/mol. The summed E-state index contributed by atoms with van der Waals surface area (Å²) in [5, 5.41) is 12.4. The van der Waals surface area contributed by atoms with Crippen LogP contribution >= 0.6 is 69.6 Å². The van der Waals surface area contributed by atoms with Gasteiger partial charge in [-0.3, -0.25) is 4.79 Å². The van der Waals surface area contributed by atoms with Crippen molar-refractivity contribution in [3.8, 4) is 0 Å². The fourth-order valence-corrected chi connectivity index (χ4v) is 4.64. The maximum absolute atomic E-state index is 12.7. The molecule has 4 nitrogen and oxygen atoms in total. The van der Waals surface area contributed by atoms with Crippen LogP contribution in [-0.2, 0) is 4.79 Å². The van der Waals surface area contributed by atoms with E-state index in [9.17, 15) is 14.7 Å². The van der Waals surface area contributed by atoms with Crippen LogP contribution in [0.5, 0.6) is 0 Å². The Morgan fingerprint density at radius 1 is 0.963 bits per heavy atom. The second-order valence-electron chi connectivity index (χ2n) is 5.95. The lowest BCUT2D eigenvalue weighted by atomic mass is 10.1. The number of carboxylic acids is 1. The summed E-state index contributed by atoms with van der Waals surface area (Å²) in [6, 6.07) is 7.36. The van der Waals surface area contributed by atoms with Crippen LogP contribution in [0.2, 0.25) is 20.1 Å². The van der Waals surface area contributed by atoms with Gasteiger partial charge in [0.15, 0.2) is 0 Å². The van der Waals surface area contributed by atoms with Gasteiger partial charge >= 0.3 is 5.97 Å². The standard InChI is InChI=1S/C17H9Cl6NO3/c18-7-1-6(2-8(19)3-7)12-13(17(12,22)23)15(25)24-9-4-10(16(26)27)14(21)11(20)5-9/h1-5,12-13H,(H,24,25)(H,26,27)/t12-,13+/m1/s1. The molecule has 2 aromatic rings. The van der Waals surface area contributed by atoms with Crippen LogP contribution in [0.15, 0.2) is 30.3 Å². The Hall–Kier alpha value is -0.880. The molecule has 0 heterocycles. The van der Waals surface area contributed by atoms with Gasteiger partial charge in [-0.05, 0) is 35.9 Å². The summed E-state index contributed by atoms with van der Waals surface area (Å²) in [5.74, 6) is -3.10. The first-order valence-corrected chi connectivity index (χ1v) is 9.66. The van der Waals surface area contributed by atoms with Crippen molar-refractivity contribution >= 4 is 87.2 Å². The van der Waals surface area contributed by atoms with Crippen LogP contribution in [0.1, 0.15) is 21.8 Å². The minimum atomic E-state index is -1.36. The van der Waals surface area contributed by atoms with Crippen molar-refractivity contribution in [2.45, 2.75) is 10.3 Å². The molecule has 1 saturated carbocycles. The highest BCUT2D eigenvalue weighted by molar-refractivity contribution is 6.53. The smallest absolute Gasteiger partial charge is 0.337 e. The number of nitrogens with one attached hydrogen (secondary N) is 1. The summed E-state index contributed by atoms with van der Waals surface area (Å²) in [6.07, 6.45) is 0. The number of halogens is 6. The van der Waals surface area contributed by atoms with Gasteiger partial charge in [-0.1, -0.05) is 46.4 Å². The van der Waals surface area contributed by atoms with Crippen molar-refractivity contribution in [3.63, 3.8) is 0 Å². The van der Waals surface area contributed by atoms with Crippen molar-refractivity contribution < 1.29 is 14.7 Å². The molecule has 2 aromatic carbocycles. The largest absolute Gasteiger partial charge is 0.478 e. The molecule has 0 unspecified atom stereocenters. The van der Waals surface area contributed by atoms with Gasteiger partial charge in [0.05, 0.1) is 21.5 Å². The highest BCUT2D eigenvalue weighted by Gasteiger charge is 2.67. The molecular weight excluding hydrogens is 479 g/mol. The van der Waals surface area contributed by atoms with Crippen molar-refractivity contribution in [2.75, 3.05) is 5.32 Å². The minimum absolute atomic E-state index is 0.0103. The lowest BCUT2D eigenvalue weighted by Gasteiger charge is -2.09. The number of alkyl halides is 2. The highest BCUT2D eigenvalue weighted by Crippen LogP contribution is 2.65. The fraction of sp³-hybridized carbons (Fsp3) is 0.176. The van der Waals surface area contributed by atoms with Gasteiger partial charge in [0.25, 0.3) is 0 Å². The van der Waals surface area contributed by atoms with Crippen LogP contribution in [-0.4, -0.2) is 21.3 Å². The average molecular weight is 488 g/mol. The van der Waals surface area contributed by atoms with Gasteiger partial charge in [0.2, 0.25) is 5.91 Å². The SMILES string of the molecule is O=C(O)c1cc(NC(=O)[C@@H]2[C@@H](c3cc(Cl)cc(Cl)c3)C2(Cl)Cl)cc(Cl)c1Cl. The van der Waals surface area contributed by atoms with E-state index >= 15 is 0 Å². The number of carboxylic acid groups (broad SMARTS) is 1. The number of anilines is 1.